The van der Waals surface area contributed by atoms with Gasteiger partial charge in [0.05, 0.1) is 25.0 Å². The van der Waals surface area contributed by atoms with Crippen molar-refractivity contribution in [2.45, 2.75) is 13.8 Å². The molecule has 0 N–H and O–H groups in total. The standard InChI is InChI=1S/C21H22ClN3O4/c1-4-24(13-14(2)21(27)28-3)20(26)17-12-18(19-9-6-10-29-19)25(23-17)16-8-5-7-15(22)11-16/h5-12,14H,4,13H2,1-3H3. The fraction of sp³-hybridized carbons (Fsp3) is 0.286. The molecule has 1 unspecified atom stereocenters. The van der Waals surface area contributed by atoms with Crippen LogP contribution in [0.3, 0.4) is 0 Å². The number of carbonyl (C=O) groups is 2. The Balaban J connectivity index is 1.98. The number of methoxy groups -OCH3 is 1. The second-order valence-corrected chi connectivity index (χ2v) is 6.99. The fourth-order valence-electron chi connectivity index (χ4n) is 3.01. The number of amides is 1. The molecule has 7 nitrogen and oxygen atoms in total. The summed E-state index contributed by atoms with van der Waals surface area (Å²) in [5.41, 5.74) is 1.57. The average molecular weight is 416 g/mol. The summed E-state index contributed by atoms with van der Waals surface area (Å²) < 4.78 is 11.9. The summed E-state index contributed by atoms with van der Waals surface area (Å²) in [7, 11) is 1.33. The van der Waals surface area contributed by atoms with Gasteiger partial charge in [0.25, 0.3) is 5.91 Å². The maximum atomic E-state index is 13.1. The van der Waals surface area contributed by atoms with Crippen molar-refractivity contribution in [1.29, 1.82) is 0 Å². The Morgan fingerprint density at radius 3 is 2.69 bits per heavy atom. The third-order valence-electron chi connectivity index (χ3n) is 4.52. The number of nitrogens with zero attached hydrogens (tertiary/aromatic N) is 3. The van der Waals surface area contributed by atoms with Crippen molar-refractivity contribution in [1.82, 2.24) is 14.7 Å². The molecular formula is C21H22ClN3O4. The summed E-state index contributed by atoms with van der Waals surface area (Å²) in [6.07, 6.45) is 1.56. The van der Waals surface area contributed by atoms with Crippen LogP contribution in [0.4, 0.5) is 0 Å². The predicted octanol–water partition coefficient (Wildman–Crippen LogP) is 4.06. The molecule has 1 aromatic carbocycles. The third kappa shape index (κ3) is 4.51. The van der Waals surface area contributed by atoms with Crippen molar-refractivity contribution in [2.75, 3.05) is 20.2 Å². The summed E-state index contributed by atoms with van der Waals surface area (Å²) in [6.45, 7) is 4.24. The maximum Gasteiger partial charge on any atom is 0.310 e. The lowest BCUT2D eigenvalue weighted by Gasteiger charge is -2.22. The van der Waals surface area contributed by atoms with E-state index in [-0.39, 0.29) is 24.1 Å². The number of aromatic nitrogens is 2. The van der Waals surface area contributed by atoms with Gasteiger partial charge in [-0.3, -0.25) is 9.59 Å². The number of furan rings is 1. The number of benzene rings is 1. The van der Waals surface area contributed by atoms with E-state index in [0.717, 1.165) is 0 Å². The Labute approximate surface area is 173 Å². The number of esters is 1. The predicted molar refractivity (Wildman–Crippen MR) is 109 cm³/mol. The largest absolute Gasteiger partial charge is 0.469 e. The first kappa shape index (κ1) is 20.7. The van der Waals surface area contributed by atoms with Crippen LogP contribution in [0, 0.1) is 5.92 Å². The second kappa shape index (κ2) is 8.96. The molecule has 0 saturated heterocycles. The van der Waals surface area contributed by atoms with Crippen LogP contribution in [0.2, 0.25) is 5.02 Å². The van der Waals surface area contributed by atoms with E-state index in [9.17, 15) is 9.59 Å². The van der Waals surface area contributed by atoms with E-state index in [1.807, 2.05) is 19.1 Å². The van der Waals surface area contributed by atoms with Gasteiger partial charge in [0, 0.05) is 24.2 Å². The zero-order chi connectivity index (χ0) is 21.0. The minimum Gasteiger partial charge on any atom is -0.469 e. The highest BCUT2D eigenvalue weighted by atomic mass is 35.5. The molecule has 2 heterocycles. The van der Waals surface area contributed by atoms with Gasteiger partial charge >= 0.3 is 5.97 Å². The van der Waals surface area contributed by atoms with Gasteiger partial charge < -0.3 is 14.1 Å². The molecule has 0 bridgehead atoms. The first-order chi connectivity index (χ1) is 13.9. The summed E-state index contributed by atoms with van der Waals surface area (Å²) in [5.74, 6) is -0.514. The lowest BCUT2D eigenvalue weighted by atomic mass is 10.1. The summed E-state index contributed by atoms with van der Waals surface area (Å²) >= 11 is 6.13. The van der Waals surface area contributed by atoms with Gasteiger partial charge in [0.2, 0.25) is 0 Å². The monoisotopic (exact) mass is 415 g/mol. The van der Waals surface area contributed by atoms with Crippen molar-refractivity contribution < 1.29 is 18.7 Å². The number of ether oxygens (including phenoxy) is 1. The number of rotatable bonds is 7. The molecule has 1 amide bonds. The van der Waals surface area contributed by atoms with Gasteiger partial charge in [-0.1, -0.05) is 24.6 Å². The van der Waals surface area contributed by atoms with E-state index in [1.54, 1.807) is 53.1 Å². The zero-order valence-electron chi connectivity index (χ0n) is 16.5. The lowest BCUT2D eigenvalue weighted by molar-refractivity contribution is -0.145. The van der Waals surface area contributed by atoms with Crippen LogP contribution in [0.1, 0.15) is 24.3 Å². The van der Waals surface area contributed by atoms with Crippen molar-refractivity contribution >= 4 is 23.5 Å². The maximum absolute atomic E-state index is 13.1. The van der Waals surface area contributed by atoms with Crippen LogP contribution in [0.15, 0.2) is 53.1 Å². The van der Waals surface area contributed by atoms with Crippen LogP contribution in [-0.4, -0.2) is 46.8 Å². The molecule has 0 saturated carbocycles. The van der Waals surface area contributed by atoms with Gasteiger partial charge in [-0.25, -0.2) is 4.68 Å². The average Bonchev–Trinajstić information content (AvgIpc) is 3.40. The Morgan fingerprint density at radius 2 is 2.07 bits per heavy atom. The van der Waals surface area contributed by atoms with Crippen molar-refractivity contribution in [3.05, 3.63) is 59.4 Å². The molecule has 0 spiro atoms. The highest BCUT2D eigenvalue weighted by molar-refractivity contribution is 6.30. The highest BCUT2D eigenvalue weighted by Crippen LogP contribution is 2.26. The Morgan fingerprint density at radius 1 is 1.28 bits per heavy atom. The number of halogens is 1. The van der Waals surface area contributed by atoms with Crippen LogP contribution in [0.25, 0.3) is 17.1 Å². The fourth-order valence-corrected chi connectivity index (χ4v) is 3.20. The molecule has 1 atom stereocenters. The van der Waals surface area contributed by atoms with Crippen molar-refractivity contribution in [3.63, 3.8) is 0 Å². The Kier molecular flexibility index (Phi) is 6.39. The molecular weight excluding hydrogens is 394 g/mol. The Bertz CT molecular complexity index is 997. The van der Waals surface area contributed by atoms with Gasteiger partial charge in [-0.2, -0.15) is 5.10 Å². The van der Waals surface area contributed by atoms with Gasteiger partial charge in [0.15, 0.2) is 11.5 Å². The summed E-state index contributed by atoms with van der Waals surface area (Å²) in [5, 5.41) is 5.06. The van der Waals surface area contributed by atoms with Gasteiger partial charge in [-0.15, -0.1) is 0 Å². The molecule has 0 aliphatic carbocycles. The number of carbonyl (C=O) groups excluding carboxylic acids is 2. The summed E-state index contributed by atoms with van der Waals surface area (Å²) in [4.78, 5) is 26.4. The molecule has 2 aromatic heterocycles. The van der Waals surface area contributed by atoms with Gasteiger partial charge in [0.1, 0.15) is 5.69 Å². The first-order valence-electron chi connectivity index (χ1n) is 9.21. The molecule has 29 heavy (non-hydrogen) atoms. The molecule has 0 aliphatic heterocycles. The molecule has 3 aromatic rings. The third-order valence-corrected chi connectivity index (χ3v) is 4.76. The minimum atomic E-state index is -0.441. The van der Waals surface area contributed by atoms with E-state index >= 15 is 0 Å². The van der Waals surface area contributed by atoms with Crippen molar-refractivity contribution in [2.24, 2.45) is 5.92 Å². The number of hydrogen-bond acceptors (Lipinski definition) is 5. The normalized spacial score (nSPS) is 11.9. The van der Waals surface area contributed by atoms with E-state index in [1.165, 1.54) is 7.11 Å². The minimum absolute atomic E-state index is 0.238. The van der Waals surface area contributed by atoms with Crippen LogP contribution < -0.4 is 0 Å². The molecule has 0 fully saturated rings. The molecule has 3 rings (SSSR count). The summed E-state index contributed by atoms with van der Waals surface area (Å²) in [6, 6.07) is 12.4. The zero-order valence-corrected chi connectivity index (χ0v) is 17.2. The van der Waals surface area contributed by atoms with Crippen LogP contribution in [-0.2, 0) is 9.53 Å². The molecule has 8 heteroatoms. The quantitative estimate of drug-likeness (QED) is 0.544. The topological polar surface area (TPSA) is 77.6 Å². The van der Waals surface area contributed by atoms with Crippen molar-refractivity contribution in [3.8, 4) is 17.1 Å². The van der Waals surface area contributed by atoms with E-state index in [4.69, 9.17) is 20.8 Å². The molecule has 0 aliphatic rings. The highest BCUT2D eigenvalue weighted by Gasteiger charge is 2.25. The first-order valence-corrected chi connectivity index (χ1v) is 9.59. The van der Waals surface area contributed by atoms with E-state index in [2.05, 4.69) is 5.10 Å². The smallest absolute Gasteiger partial charge is 0.310 e. The SMILES string of the molecule is CCN(CC(C)C(=O)OC)C(=O)c1cc(-c2ccco2)n(-c2cccc(Cl)c2)n1. The van der Waals surface area contributed by atoms with E-state index in [0.29, 0.717) is 28.7 Å². The van der Waals surface area contributed by atoms with Crippen LogP contribution >= 0.6 is 11.6 Å². The lowest BCUT2D eigenvalue weighted by Crippen LogP contribution is -2.37. The molecule has 152 valence electrons. The van der Waals surface area contributed by atoms with Gasteiger partial charge in [-0.05, 0) is 37.3 Å². The second-order valence-electron chi connectivity index (χ2n) is 6.55. The Hall–Kier alpha value is -3.06. The van der Waals surface area contributed by atoms with Crippen LogP contribution in [0.5, 0.6) is 0 Å². The molecule has 0 radical (unpaired) electrons. The van der Waals surface area contributed by atoms with E-state index < -0.39 is 5.92 Å². The number of hydrogen-bond donors (Lipinski definition) is 0.